The van der Waals surface area contributed by atoms with Gasteiger partial charge in [-0.3, -0.25) is 4.79 Å². The van der Waals surface area contributed by atoms with E-state index in [-0.39, 0.29) is 5.56 Å². The molecule has 0 saturated heterocycles. The fourth-order valence-corrected chi connectivity index (χ4v) is 2.17. The van der Waals surface area contributed by atoms with E-state index in [0.717, 1.165) is 17.5 Å². The van der Waals surface area contributed by atoms with Gasteiger partial charge >= 0.3 is 0 Å². The molecule has 0 amide bonds. The Labute approximate surface area is 109 Å². The zero-order chi connectivity index (χ0) is 13.6. The number of methoxy groups -OCH3 is 2. The van der Waals surface area contributed by atoms with E-state index in [2.05, 4.69) is 4.98 Å². The Morgan fingerprint density at radius 1 is 1.26 bits per heavy atom. The van der Waals surface area contributed by atoms with Crippen LogP contribution in [0.1, 0.15) is 24.6 Å². The second kappa shape index (κ2) is 4.15. The van der Waals surface area contributed by atoms with E-state index < -0.39 is 0 Å². The first-order chi connectivity index (χ1) is 9.15. The molecule has 6 nitrogen and oxygen atoms in total. The highest BCUT2D eigenvalue weighted by Crippen LogP contribution is 2.39. The summed E-state index contributed by atoms with van der Waals surface area (Å²) in [6.45, 7) is 0. The van der Waals surface area contributed by atoms with Crippen LogP contribution in [0.2, 0.25) is 0 Å². The van der Waals surface area contributed by atoms with E-state index in [1.807, 2.05) is 0 Å². The second-order valence-corrected chi connectivity index (χ2v) is 4.64. The summed E-state index contributed by atoms with van der Waals surface area (Å²) in [5, 5.41) is 0.435. The maximum absolute atomic E-state index is 12.3. The highest BCUT2D eigenvalue weighted by Gasteiger charge is 2.29. The molecule has 1 aromatic heterocycles. The standard InChI is InChI=1S/C13H15N3O3/c1-18-10-5-8-9(6-11(10)19-2)15-12(7-3-4-7)16(14)13(8)17/h5-7H,3-4,14H2,1-2H3. The van der Waals surface area contributed by atoms with Gasteiger partial charge < -0.3 is 15.3 Å². The maximum Gasteiger partial charge on any atom is 0.279 e. The maximum atomic E-state index is 12.3. The van der Waals surface area contributed by atoms with Gasteiger partial charge in [-0.25, -0.2) is 9.66 Å². The Kier molecular flexibility index (Phi) is 2.58. The normalized spacial score (nSPS) is 14.6. The van der Waals surface area contributed by atoms with Gasteiger partial charge in [-0.15, -0.1) is 0 Å². The third-order valence-corrected chi connectivity index (χ3v) is 3.38. The van der Waals surface area contributed by atoms with Crippen molar-refractivity contribution in [1.29, 1.82) is 0 Å². The van der Waals surface area contributed by atoms with Crippen molar-refractivity contribution in [2.45, 2.75) is 18.8 Å². The Balaban J connectivity index is 2.32. The van der Waals surface area contributed by atoms with Crippen molar-refractivity contribution in [3.8, 4) is 11.5 Å². The molecule has 0 radical (unpaired) electrons. The fraction of sp³-hybridized carbons (Fsp3) is 0.385. The van der Waals surface area contributed by atoms with E-state index >= 15 is 0 Å². The molecule has 2 aromatic rings. The van der Waals surface area contributed by atoms with Gasteiger partial charge in [-0.1, -0.05) is 0 Å². The Bertz CT molecular complexity index is 704. The molecule has 2 N–H and O–H groups in total. The van der Waals surface area contributed by atoms with E-state index in [0.29, 0.717) is 34.1 Å². The number of rotatable bonds is 3. The van der Waals surface area contributed by atoms with Gasteiger partial charge in [0.25, 0.3) is 5.56 Å². The van der Waals surface area contributed by atoms with E-state index in [4.69, 9.17) is 15.3 Å². The van der Waals surface area contributed by atoms with Gasteiger partial charge in [0.15, 0.2) is 11.5 Å². The average molecular weight is 261 g/mol. The lowest BCUT2D eigenvalue weighted by atomic mass is 10.2. The first-order valence-corrected chi connectivity index (χ1v) is 6.09. The highest BCUT2D eigenvalue weighted by molar-refractivity contribution is 5.82. The summed E-state index contributed by atoms with van der Waals surface area (Å²) in [7, 11) is 3.08. The number of benzene rings is 1. The molecule has 6 heteroatoms. The molecule has 1 saturated carbocycles. The minimum absolute atomic E-state index is 0.257. The van der Waals surface area contributed by atoms with Crippen LogP contribution in [0.15, 0.2) is 16.9 Å². The molecule has 1 fully saturated rings. The summed E-state index contributed by atoms with van der Waals surface area (Å²) in [4.78, 5) is 16.7. The van der Waals surface area contributed by atoms with Gasteiger partial charge in [0.05, 0.1) is 25.1 Å². The quantitative estimate of drug-likeness (QED) is 0.834. The van der Waals surface area contributed by atoms with Gasteiger partial charge in [-0.2, -0.15) is 0 Å². The molecule has 0 atom stereocenters. The summed E-state index contributed by atoms with van der Waals surface area (Å²) >= 11 is 0. The topological polar surface area (TPSA) is 79.4 Å². The molecule has 0 spiro atoms. The van der Waals surface area contributed by atoms with Crippen molar-refractivity contribution in [2.24, 2.45) is 0 Å². The Morgan fingerprint density at radius 2 is 1.89 bits per heavy atom. The van der Waals surface area contributed by atoms with Gasteiger partial charge in [-0.05, 0) is 18.9 Å². The number of nitrogens with zero attached hydrogens (tertiary/aromatic N) is 2. The summed E-state index contributed by atoms with van der Waals surface area (Å²) in [5.41, 5.74) is 0.333. The third kappa shape index (κ3) is 1.80. The van der Waals surface area contributed by atoms with E-state index in [1.54, 1.807) is 19.2 Å². The van der Waals surface area contributed by atoms with Crippen molar-refractivity contribution < 1.29 is 9.47 Å². The van der Waals surface area contributed by atoms with Crippen LogP contribution in [0.25, 0.3) is 10.9 Å². The van der Waals surface area contributed by atoms with E-state index in [1.165, 1.54) is 7.11 Å². The molecule has 0 aliphatic heterocycles. The number of aromatic nitrogens is 2. The molecular formula is C13H15N3O3. The molecule has 3 rings (SSSR count). The van der Waals surface area contributed by atoms with Gasteiger partial charge in [0.2, 0.25) is 0 Å². The Hall–Kier alpha value is -2.24. The zero-order valence-electron chi connectivity index (χ0n) is 10.8. The molecule has 0 bridgehead atoms. The molecular weight excluding hydrogens is 246 g/mol. The molecule has 100 valence electrons. The molecule has 0 unspecified atom stereocenters. The molecule has 1 aliphatic carbocycles. The number of hydrogen-bond donors (Lipinski definition) is 1. The first kappa shape index (κ1) is 11.8. The number of ether oxygens (including phenoxy) is 2. The largest absolute Gasteiger partial charge is 0.493 e. The third-order valence-electron chi connectivity index (χ3n) is 3.38. The molecule has 1 heterocycles. The number of nitrogens with two attached hydrogens (primary N) is 1. The van der Waals surface area contributed by atoms with Crippen molar-refractivity contribution in [3.63, 3.8) is 0 Å². The Morgan fingerprint density at radius 3 is 2.47 bits per heavy atom. The zero-order valence-corrected chi connectivity index (χ0v) is 10.8. The number of fused-ring (bicyclic) bond motifs is 1. The lowest BCUT2D eigenvalue weighted by Gasteiger charge is -2.11. The summed E-state index contributed by atoms with van der Waals surface area (Å²) in [6.07, 6.45) is 2.06. The van der Waals surface area contributed by atoms with Crippen LogP contribution >= 0.6 is 0 Å². The monoisotopic (exact) mass is 261 g/mol. The van der Waals surface area contributed by atoms with Crippen molar-refractivity contribution >= 4 is 10.9 Å². The minimum atomic E-state index is -0.257. The number of nitrogen functional groups attached to an aromatic ring is 1. The van der Waals surface area contributed by atoms with Crippen LogP contribution < -0.4 is 20.9 Å². The van der Waals surface area contributed by atoms with E-state index in [9.17, 15) is 4.79 Å². The minimum Gasteiger partial charge on any atom is -0.493 e. The molecule has 1 aliphatic rings. The second-order valence-electron chi connectivity index (χ2n) is 4.64. The van der Waals surface area contributed by atoms with Crippen molar-refractivity contribution in [1.82, 2.24) is 9.66 Å². The molecule has 1 aromatic carbocycles. The van der Waals surface area contributed by atoms with Gasteiger partial charge in [0.1, 0.15) is 5.82 Å². The van der Waals surface area contributed by atoms with Crippen LogP contribution in [0.3, 0.4) is 0 Å². The first-order valence-electron chi connectivity index (χ1n) is 6.09. The smallest absolute Gasteiger partial charge is 0.279 e. The highest BCUT2D eigenvalue weighted by atomic mass is 16.5. The molecule has 19 heavy (non-hydrogen) atoms. The summed E-state index contributed by atoms with van der Waals surface area (Å²) in [5.74, 6) is 7.81. The van der Waals surface area contributed by atoms with Crippen LogP contribution in [0.5, 0.6) is 11.5 Å². The van der Waals surface area contributed by atoms with Crippen LogP contribution in [-0.4, -0.2) is 23.9 Å². The summed E-state index contributed by atoms with van der Waals surface area (Å²) < 4.78 is 11.6. The summed E-state index contributed by atoms with van der Waals surface area (Å²) in [6, 6.07) is 3.32. The predicted molar refractivity (Wildman–Crippen MR) is 71.2 cm³/mol. The van der Waals surface area contributed by atoms with Crippen LogP contribution in [0.4, 0.5) is 0 Å². The van der Waals surface area contributed by atoms with Crippen LogP contribution in [0, 0.1) is 0 Å². The van der Waals surface area contributed by atoms with Crippen molar-refractivity contribution in [2.75, 3.05) is 20.1 Å². The average Bonchev–Trinajstić information content (AvgIpc) is 3.25. The number of hydrogen-bond acceptors (Lipinski definition) is 5. The van der Waals surface area contributed by atoms with Crippen molar-refractivity contribution in [3.05, 3.63) is 28.3 Å². The SMILES string of the molecule is COc1cc2nc(C3CC3)n(N)c(=O)c2cc1OC. The predicted octanol–water partition coefficient (Wildman–Crippen LogP) is 1.00. The lowest BCUT2D eigenvalue weighted by molar-refractivity contribution is 0.355. The lowest BCUT2D eigenvalue weighted by Crippen LogP contribution is -2.31. The van der Waals surface area contributed by atoms with Crippen LogP contribution in [-0.2, 0) is 0 Å². The fourth-order valence-electron chi connectivity index (χ4n) is 2.17. The van der Waals surface area contributed by atoms with Gasteiger partial charge in [0, 0.05) is 12.0 Å².